The van der Waals surface area contributed by atoms with Gasteiger partial charge in [-0.1, -0.05) is 24.3 Å². The molecular formula is C15H19NO3. The predicted octanol–water partition coefficient (Wildman–Crippen LogP) is 1.50. The highest BCUT2D eigenvalue weighted by Crippen LogP contribution is 2.17. The third kappa shape index (κ3) is 3.66. The second-order valence-electron chi connectivity index (χ2n) is 4.77. The van der Waals surface area contributed by atoms with E-state index in [1.54, 1.807) is 19.2 Å². The van der Waals surface area contributed by atoms with Gasteiger partial charge in [0.2, 0.25) is 0 Å². The fraction of sp³-hybridized carbons (Fsp3) is 0.400. The highest BCUT2D eigenvalue weighted by atomic mass is 16.5. The Bertz CT molecular complexity index is 453. The topological polar surface area (TPSA) is 58.6 Å². The Balaban J connectivity index is 1.91. The maximum atomic E-state index is 12.0. The molecule has 0 heterocycles. The molecule has 0 unspecified atom stereocenters. The quantitative estimate of drug-likeness (QED) is 0.790. The van der Waals surface area contributed by atoms with Gasteiger partial charge < -0.3 is 15.2 Å². The lowest BCUT2D eigenvalue weighted by molar-refractivity contribution is 0.0941. The number of amides is 1. The summed E-state index contributed by atoms with van der Waals surface area (Å²) >= 11 is 0. The molecule has 1 amide bonds. The Morgan fingerprint density at radius 3 is 2.68 bits per heavy atom. The molecule has 4 heteroatoms. The van der Waals surface area contributed by atoms with Crippen LogP contribution in [0.5, 0.6) is 0 Å². The van der Waals surface area contributed by atoms with Gasteiger partial charge in [-0.15, -0.1) is 0 Å². The molecule has 1 aromatic rings. The van der Waals surface area contributed by atoms with Gasteiger partial charge in [-0.05, 0) is 24.1 Å². The number of hydrogen-bond acceptors (Lipinski definition) is 3. The van der Waals surface area contributed by atoms with E-state index in [1.807, 2.05) is 24.3 Å². The summed E-state index contributed by atoms with van der Waals surface area (Å²) in [6.45, 7) is 0.681. The monoisotopic (exact) mass is 261 g/mol. The Hall–Kier alpha value is -1.65. The van der Waals surface area contributed by atoms with Crippen molar-refractivity contribution in [2.45, 2.75) is 19.1 Å². The standard InChI is InChI=1S/C15H19NO3/c1-19-10-11-2-5-13(6-3-11)15(18)16-14-7-4-12(8-14)9-17/h2-7,12,14,17H,8-10H2,1H3,(H,16,18)/t12-,14+/m0/s1. The van der Waals surface area contributed by atoms with Crippen LogP contribution in [-0.4, -0.2) is 30.8 Å². The lowest BCUT2D eigenvalue weighted by Gasteiger charge is -2.13. The second kappa shape index (κ2) is 6.50. The van der Waals surface area contributed by atoms with Gasteiger partial charge in [0, 0.05) is 31.2 Å². The van der Waals surface area contributed by atoms with Gasteiger partial charge in [-0.25, -0.2) is 0 Å². The number of methoxy groups -OCH3 is 1. The van der Waals surface area contributed by atoms with Gasteiger partial charge in [0.05, 0.1) is 6.61 Å². The first-order valence-electron chi connectivity index (χ1n) is 6.41. The largest absolute Gasteiger partial charge is 0.396 e. The first-order chi connectivity index (χ1) is 9.22. The lowest BCUT2D eigenvalue weighted by Crippen LogP contribution is -2.32. The molecule has 0 saturated heterocycles. The minimum Gasteiger partial charge on any atom is -0.396 e. The zero-order valence-corrected chi connectivity index (χ0v) is 11.0. The van der Waals surface area contributed by atoms with Crippen LogP contribution in [-0.2, 0) is 11.3 Å². The van der Waals surface area contributed by atoms with E-state index >= 15 is 0 Å². The zero-order chi connectivity index (χ0) is 13.7. The second-order valence-corrected chi connectivity index (χ2v) is 4.77. The smallest absolute Gasteiger partial charge is 0.251 e. The van der Waals surface area contributed by atoms with Crippen LogP contribution in [0.15, 0.2) is 36.4 Å². The van der Waals surface area contributed by atoms with Gasteiger partial charge in [0.1, 0.15) is 0 Å². The number of rotatable bonds is 5. The van der Waals surface area contributed by atoms with Crippen LogP contribution in [0, 0.1) is 5.92 Å². The highest BCUT2D eigenvalue weighted by Gasteiger charge is 2.20. The number of carbonyl (C=O) groups is 1. The van der Waals surface area contributed by atoms with Crippen molar-refractivity contribution >= 4 is 5.91 Å². The first-order valence-corrected chi connectivity index (χ1v) is 6.41. The number of aliphatic hydroxyl groups is 1. The predicted molar refractivity (Wildman–Crippen MR) is 72.7 cm³/mol. The number of aliphatic hydroxyl groups excluding tert-OH is 1. The molecule has 1 aromatic carbocycles. The Morgan fingerprint density at radius 1 is 1.37 bits per heavy atom. The van der Waals surface area contributed by atoms with Crippen LogP contribution in [0.25, 0.3) is 0 Å². The molecule has 2 atom stereocenters. The number of benzene rings is 1. The minimum absolute atomic E-state index is 0.0169. The van der Waals surface area contributed by atoms with E-state index in [1.165, 1.54) is 0 Å². The molecule has 0 aromatic heterocycles. The maximum Gasteiger partial charge on any atom is 0.251 e. The molecule has 1 aliphatic carbocycles. The van der Waals surface area contributed by atoms with E-state index in [4.69, 9.17) is 9.84 Å². The molecule has 2 N–H and O–H groups in total. The van der Waals surface area contributed by atoms with Crippen LogP contribution in [0.3, 0.4) is 0 Å². The maximum absolute atomic E-state index is 12.0. The van der Waals surface area contributed by atoms with Crippen molar-refractivity contribution in [1.29, 1.82) is 0 Å². The number of carbonyl (C=O) groups excluding carboxylic acids is 1. The Labute approximate surface area is 113 Å². The summed E-state index contributed by atoms with van der Waals surface area (Å²) < 4.78 is 5.03. The van der Waals surface area contributed by atoms with Crippen LogP contribution < -0.4 is 5.32 Å². The van der Waals surface area contributed by atoms with Crippen LogP contribution >= 0.6 is 0 Å². The van der Waals surface area contributed by atoms with Crippen molar-refractivity contribution in [3.05, 3.63) is 47.5 Å². The average Bonchev–Trinajstić information content (AvgIpc) is 2.87. The molecular weight excluding hydrogens is 242 g/mol. The summed E-state index contributed by atoms with van der Waals surface area (Å²) in [5, 5.41) is 12.0. The summed E-state index contributed by atoms with van der Waals surface area (Å²) in [5.74, 6) is 0.0755. The summed E-state index contributed by atoms with van der Waals surface area (Å²) in [4.78, 5) is 12.0. The molecule has 1 aliphatic rings. The average molecular weight is 261 g/mol. The summed E-state index contributed by atoms with van der Waals surface area (Å²) in [6, 6.07) is 7.39. The SMILES string of the molecule is COCc1ccc(C(=O)N[C@@H]2C=C[C@H](CO)C2)cc1. The first kappa shape index (κ1) is 13.8. The normalized spacial score (nSPS) is 21.6. The molecule has 0 fully saturated rings. The number of nitrogens with one attached hydrogen (secondary N) is 1. The van der Waals surface area contributed by atoms with Crippen LogP contribution in [0.2, 0.25) is 0 Å². The number of ether oxygens (including phenoxy) is 1. The highest BCUT2D eigenvalue weighted by molar-refractivity contribution is 5.94. The molecule has 102 valence electrons. The Kier molecular flexibility index (Phi) is 4.71. The van der Waals surface area contributed by atoms with E-state index in [0.717, 1.165) is 12.0 Å². The van der Waals surface area contributed by atoms with E-state index in [0.29, 0.717) is 12.2 Å². The molecule has 0 aliphatic heterocycles. The van der Waals surface area contributed by atoms with E-state index < -0.39 is 0 Å². The van der Waals surface area contributed by atoms with Gasteiger partial charge in [-0.3, -0.25) is 4.79 Å². The lowest BCUT2D eigenvalue weighted by atomic mass is 10.1. The van der Waals surface area contributed by atoms with Crippen LogP contribution in [0.4, 0.5) is 0 Å². The molecule has 19 heavy (non-hydrogen) atoms. The van der Waals surface area contributed by atoms with Gasteiger partial charge in [-0.2, -0.15) is 0 Å². The van der Waals surface area contributed by atoms with Gasteiger partial charge in [0.15, 0.2) is 0 Å². The molecule has 0 saturated carbocycles. The third-order valence-corrected chi connectivity index (χ3v) is 3.25. The molecule has 0 bridgehead atoms. The summed E-state index contributed by atoms with van der Waals surface area (Å²) in [7, 11) is 1.64. The zero-order valence-electron chi connectivity index (χ0n) is 11.0. The number of hydrogen-bond donors (Lipinski definition) is 2. The minimum atomic E-state index is -0.0859. The van der Waals surface area contributed by atoms with E-state index in [2.05, 4.69) is 5.32 Å². The molecule has 4 nitrogen and oxygen atoms in total. The van der Waals surface area contributed by atoms with Crippen molar-refractivity contribution in [3.63, 3.8) is 0 Å². The fourth-order valence-electron chi connectivity index (χ4n) is 2.19. The molecule has 2 rings (SSSR count). The van der Waals surface area contributed by atoms with Crippen molar-refractivity contribution in [3.8, 4) is 0 Å². The van der Waals surface area contributed by atoms with Crippen molar-refractivity contribution in [2.75, 3.05) is 13.7 Å². The van der Waals surface area contributed by atoms with Gasteiger partial charge >= 0.3 is 0 Å². The van der Waals surface area contributed by atoms with Crippen molar-refractivity contribution in [1.82, 2.24) is 5.32 Å². The third-order valence-electron chi connectivity index (χ3n) is 3.25. The van der Waals surface area contributed by atoms with E-state index in [9.17, 15) is 4.79 Å². The molecule has 0 radical (unpaired) electrons. The fourth-order valence-corrected chi connectivity index (χ4v) is 2.19. The molecule has 0 spiro atoms. The van der Waals surface area contributed by atoms with Gasteiger partial charge in [0.25, 0.3) is 5.91 Å². The summed E-state index contributed by atoms with van der Waals surface area (Å²) in [5.41, 5.74) is 1.68. The Morgan fingerprint density at radius 2 is 2.11 bits per heavy atom. The summed E-state index contributed by atoms with van der Waals surface area (Å²) in [6.07, 6.45) is 4.66. The van der Waals surface area contributed by atoms with Crippen LogP contribution in [0.1, 0.15) is 22.3 Å². The van der Waals surface area contributed by atoms with E-state index in [-0.39, 0.29) is 24.5 Å². The van der Waals surface area contributed by atoms with Crippen molar-refractivity contribution < 1.29 is 14.6 Å². The van der Waals surface area contributed by atoms with Crippen molar-refractivity contribution in [2.24, 2.45) is 5.92 Å².